The zero-order valence-electron chi connectivity index (χ0n) is 13.0. The van der Waals surface area contributed by atoms with E-state index in [0.29, 0.717) is 22.4 Å². The highest BCUT2D eigenvalue weighted by Crippen LogP contribution is 2.34. The van der Waals surface area contributed by atoms with Crippen LogP contribution in [0.5, 0.6) is 5.75 Å². The first-order valence-electron chi connectivity index (χ1n) is 7.25. The maximum Gasteiger partial charge on any atom is 0.156 e. The van der Waals surface area contributed by atoms with Gasteiger partial charge < -0.3 is 4.74 Å². The number of hydrogen-bond donors (Lipinski definition) is 0. The second-order valence-corrected chi connectivity index (χ2v) is 5.95. The van der Waals surface area contributed by atoms with Crippen LogP contribution >= 0.6 is 23.2 Å². The molecule has 0 aliphatic heterocycles. The van der Waals surface area contributed by atoms with Crippen LogP contribution in [0.1, 0.15) is 30.0 Å². The number of aryl methyl sites for hydroxylation is 1. The van der Waals surface area contributed by atoms with Gasteiger partial charge in [-0.25, -0.2) is 0 Å². The number of halogens is 2. The number of rotatable bonds is 5. The second kappa shape index (κ2) is 7.66. The number of ether oxygens (including phenoxy) is 1. The average molecular weight is 336 g/mol. The van der Waals surface area contributed by atoms with Crippen LogP contribution in [-0.4, -0.2) is 12.8 Å². The summed E-state index contributed by atoms with van der Waals surface area (Å²) in [6, 6.07) is 9.68. The lowest BCUT2D eigenvalue weighted by molar-refractivity contribution is 0.318. The van der Waals surface area contributed by atoms with Crippen molar-refractivity contribution in [1.29, 1.82) is 0 Å². The van der Waals surface area contributed by atoms with Crippen molar-refractivity contribution < 1.29 is 4.74 Å². The third-order valence-corrected chi connectivity index (χ3v) is 3.96. The van der Waals surface area contributed by atoms with Gasteiger partial charge in [-0.15, -0.1) is 0 Å². The minimum Gasteiger partial charge on any atom is -0.490 e. The maximum atomic E-state index is 6.24. The normalized spacial score (nSPS) is 11.1. The third-order valence-electron chi connectivity index (χ3n) is 3.40. The average Bonchev–Trinajstić information content (AvgIpc) is 2.48. The van der Waals surface area contributed by atoms with Gasteiger partial charge in [0.05, 0.1) is 22.3 Å². The summed E-state index contributed by atoms with van der Waals surface area (Å²) >= 11 is 12.5. The molecule has 0 aliphatic carbocycles. The third kappa shape index (κ3) is 4.02. The molecule has 2 nitrogen and oxygen atoms in total. The van der Waals surface area contributed by atoms with Crippen LogP contribution in [0.4, 0.5) is 5.69 Å². The van der Waals surface area contributed by atoms with E-state index in [4.69, 9.17) is 27.9 Å². The Labute approximate surface area is 141 Å². The SMILES string of the molecule is CCCOc1c(Cl)cc(C=Nc2cccc(C)c2C)cc1Cl. The van der Waals surface area contributed by atoms with Crippen LogP contribution in [0, 0.1) is 13.8 Å². The van der Waals surface area contributed by atoms with Gasteiger partial charge in [0.15, 0.2) is 5.75 Å². The van der Waals surface area contributed by atoms with E-state index in [0.717, 1.165) is 17.7 Å². The maximum absolute atomic E-state index is 6.24. The summed E-state index contributed by atoms with van der Waals surface area (Å²) in [5.74, 6) is 0.536. The molecule has 2 rings (SSSR count). The summed E-state index contributed by atoms with van der Waals surface area (Å²) in [5, 5.41) is 1.01. The Hall–Kier alpha value is -1.51. The van der Waals surface area contributed by atoms with Gasteiger partial charge in [-0.2, -0.15) is 0 Å². The van der Waals surface area contributed by atoms with Gasteiger partial charge in [-0.3, -0.25) is 4.99 Å². The van der Waals surface area contributed by atoms with E-state index in [-0.39, 0.29) is 0 Å². The highest BCUT2D eigenvalue weighted by molar-refractivity contribution is 6.37. The molecule has 0 heterocycles. The van der Waals surface area contributed by atoms with Gasteiger partial charge >= 0.3 is 0 Å². The molecular formula is C18H19Cl2NO. The van der Waals surface area contributed by atoms with Crippen molar-refractivity contribution in [3.05, 3.63) is 57.1 Å². The monoisotopic (exact) mass is 335 g/mol. The molecule has 4 heteroatoms. The number of nitrogens with zero attached hydrogens (tertiary/aromatic N) is 1. The summed E-state index contributed by atoms with van der Waals surface area (Å²) in [5.41, 5.74) is 4.17. The lowest BCUT2D eigenvalue weighted by Crippen LogP contribution is -1.97. The number of benzene rings is 2. The van der Waals surface area contributed by atoms with Gasteiger partial charge in [0.1, 0.15) is 0 Å². The number of aliphatic imine (C=N–C) groups is 1. The summed E-state index contributed by atoms with van der Waals surface area (Å²) in [4.78, 5) is 4.53. The first-order chi connectivity index (χ1) is 10.5. The fourth-order valence-electron chi connectivity index (χ4n) is 2.02. The van der Waals surface area contributed by atoms with Gasteiger partial charge in [0, 0.05) is 6.21 Å². The summed E-state index contributed by atoms with van der Waals surface area (Å²) < 4.78 is 5.56. The van der Waals surface area contributed by atoms with Crippen molar-refractivity contribution in [1.82, 2.24) is 0 Å². The molecule has 22 heavy (non-hydrogen) atoms. The topological polar surface area (TPSA) is 21.6 Å². The van der Waals surface area contributed by atoms with Crippen molar-refractivity contribution in [2.45, 2.75) is 27.2 Å². The van der Waals surface area contributed by atoms with Gasteiger partial charge in [0.25, 0.3) is 0 Å². The minimum absolute atomic E-state index is 0.503. The fraction of sp³-hybridized carbons (Fsp3) is 0.278. The molecule has 0 aromatic heterocycles. The van der Waals surface area contributed by atoms with Crippen LogP contribution in [0.3, 0.4) is 0 Å². The van der Waals surface area contributed by atoms with Gasteiger partial charge in [-0.1, -0.05) is 42.3 Å². The fourth-order valence-corrected chi connectivity index (χ4v) is 2.63. The molecule has 0 unspecified atom stereocenters. The first kappa shape index (κ1) is 16.9. The van der Waals surface area contributed by atoms with Crippen LogP contribution in [0.2, 0.25) is 10.0 Å². The van der Waals surface area contributed by atoms with E-state index >= 15 is 0 Å². The predicted molar refractivity (Wildman–Crippen MR) is 95.4 cm³/mol. The second-order valence-electron chi connectivity index (χ2n) is 5.14. The molecule has 0 atom stereocenters. The molecule has 0 radical (unpaired) electrons. The molecule has 0 amide bonds. The summed E-state index contributed by atoms with van der Waals surface area (Å²) in [6.07, 6.45) is 2.67. The van der Waals surface area contributed by atoms with Crippen molar-refractivity contribution in [2.24, 2.45) is 4.99 Å². The largest absolute Gasteiger partial charge is 0.490 e. The zero-order valence-corrected chi connectivity index (χ0v) is 14.5. The van der Waals surface area contributed by atoms with E-state index < -0.39 is 0 Å². The molecule has 0 saturated carbocycles. The highest BCUT2D eigenvalue weighted by atomic mass is 35.5. The lowest BCUT2D eigenvalue weighted by Gasteiger charge is -2.09. The molecule has 0 aliphatic rings. The lowest BCUT2D eigenvalue weighted by atomic mass is 10.1. The summed E-state index contributed by atoms with van der Waals surface area (Å²) in [7, 11) is 0. The van der Waals surface area contributed by atoms with Crippen molar-refractivity contribution >= 4 is 35.1 Å². The summed E-state index contributed by atoms with van der Waals surface area (Å²) in [6.45, 7) is 6.76. The van der Waals surface area contributed by atoms with Crippen molar-refractivity contribution in [3.63, 3.8) is 0 Å². The molecule has 2 aromatic rings. The molecule has 0 N–H and O–H groups in total. The van der Waals surface area contributed by atoms with E-state index in [1.165, 1.54) is 11.1 Å². The Morgan fingerprint density at radius 1 is 1.14 bits per heavy atom. The van der Waals surface area contributed by atoms with Crippen LogP contribution in [0.15, 0.2) is 35.3 Å². The minimum atomic E-state index is 0.503. The standard InChI is InChI=1S/C18H19Cl2NO/c1-4-8-22-18-15(19)9-14(10-16(18)20)11-21-17-7-5-6-12(2)13(17)3/h5-7,9-11H,4,8H2,1-3H3. The van der Waals surface area contributed by atoms with E-state index in [2.05, 4.69) is 24.9 Å². The Bertz CT molecular complexity index is 672. The molecule has 0 saturated heterocycles. The Morgan fingerprint density at radius 2 is 1.82 bits per heavy atom. The zero-order chi connectivity index (χ0) is 16.1. The highest BCUT2D eigenvalue weighted by Gasteiger charge is 2.09. The number of hydrogen-bond acceptors (Lipinski definition) is 2. The smallest absolute Gasteiger partial charge is 0.156 e. The molecule has 116 valence electrons. The van der Waals surface area contributed by atoms with Gasteiger partial charge in [-0.05, 0) is 55.2 Å². The Balaban J connectivity index is 2.27. The predicted octanol–water partition coefficient (Wildman–Crippen LogP) is 6.15. The molecule has 2 aromatic carbocycles. The van der Waals surface area contributed by atoms with Gasteiger partial charge in [0.2, 0.25) is 0 Å². The Kier molecular flexibility index (Phi) is 5.87. The van der Waals surface area contributed by atoms with Crippen LogP contribution < -0.4 is 4.74 Å². The van der Waals surface area contributed by atoms with Crippen molar-refractivity contribution in [3.8, 4) is 5.75 Å². The first-order valence-corrected chi connectivity index (χ1v) is 8.00. The van der Waals surface area contributed by atoms with Crippen molar-refractivity contribution in [2.75, 3.05) is 6.61 Å². The van der Waals surface area contributed by atoms with E-state index in [1.54, 1.807) is 6.21 Å². The van der Waals surface area contributed by atoms with E-state index in [1.807, 2.05) is 31.2 Å². The Morgan fingerprint density at radius 3 is 2.45 bits per heavy atom. The van der Waals surface area contributed by atoms with Crippen LogP contribution in [-0.2, 0) is 0 Å². The van der Waals surface area contributed by atoms with Crippen LogP contribution in [0.25, 0.3) is 0 Å². The molecule has 0 fully saturated rings. The quantitative estimate of drug-likeness (QED) is 0.600. The molecular weight excluding hydrogens is 317 g/mol. The van der Waals surface area contributed by atoms with E-state index in [9.17, 15) is 0 Å². The molecule has 0 bridgehead atoms. The molecule has 0 spiro atoms.